The van der Waals surface area contributed by atoms with Gasteiger partial charge in [-0.25, -0.2) is 0 Å². The monoisotopic (exact) mass is 402 g/mol. The highest BCUT2D eigenvalue weighted by atomic mass is 16.5. The van der Waals surface area contributed by atoms with Crippen LogP contribution in [0.5, 0.6) is 0 Å². The van der Waals surface area contributed by atoms with Gasteiger partial charge in [0.1, 0.15) is 5.60 Å². The van der Waals surface area contributed by atoms with Crippen molar-refractivity contribution in [3.05, 3.63) is 143 Å². The number of carbonyl (C=O) groups excluding carboxylic acids is 1. The van der Waals surface area contributed by atoms with Crippen molar-refractivity contribution in [2.75, 3.05) is 0 Å². The molecule has 2 bridgehead atoms. The normalized spacial score (nSPS) is 25.9. The van der Waals surface area contributed by atoms with Crippen LogP contribution in [0.4, 0.5) is 0 Å². The number of benzene rings is 4. The lowest BCUT2D eigenvalue weighted by Gasteiger charge is -2.38. The molecule has 2 heterocycles. The van der Waals surface area contributed by atoms with Crippen molar-refractivity contribution in [3.8, 4) is 0 Å². The van der Waals surface area contributed by atoms with Crippen LogP contribution in [0.15, 0.2) is 115 Å². The average molecular weight is 402 g/mol. The number of fused-ring (bicyclic) bond motifs is 5. The second-order valence-corrected chi connectivity index (χ2v) is 8.37. The van der Waals surface area contributed by atoms with Crippen molar-refractivity contribution in [2.24, 2.45) is 5.92 Å². The van der Waals surface area contributed by atoms with Crippen LogP contribution in [0.25, 0.3) is 0 Å². The SMILES string of the molecule is O=C(c1ccccc1)[C@@H]1[C@@H](c2ccccc2)[C@]2(c3ccccc3)O[C@H]1c1ccccc12. The quantitative estimate of drug-likeness (QED) is 0.375. The molecule has 2 aliphatic heterocycles. The standard InChI is InChI=1S/C29H22O2/c30-27(21-14-6-2-7-15-21)25-26(20-12-4-1-5-13-20)29(22-16-8-3-9-17-22)24-19-11-10-18-23(24)28(25)31-29/h1-19,25-26,28H/t25-,26+,28-,29+/m0/s1. The van der Waals surface area contributed by atoms with Crippen LogP contribution in [0.1, 0.15) is 44.6 Å². The molecule has 0 amide bonds. The minimum absolute atomic E-state index is 0.108. The lowest BCUT2D eigenvalue weighted by Crippen LogP contribution is -2.38. The molecule has 0 N–H and O–H groups in total. The highest BCUT2D eigenvalue weighted by molar-refractivity contribution is 5.99. The van der Waals surface area contributed by atoms with Crippen molar-refractivity contribution < 1.29 is 9.53 Å². The van der Waals surface area contributed by atoms with E-state index in [4.69, 9.17) is 4.74 Å². The van der Waals surface area contributed by atoms with Gasteiger partial charge in [-0.05, 0) is 22.3 Å². The number of Topliss-reactive ketones (excluding diaryl/α,β-unsaturated/α-hetero) is 1. The maximum Gasteiger partial charge on any atom is 0.169 e. The van der Waals surface area contributed by atoms with Gasteiger partial charge < -0.3 is 4.74 Å². The molecule has 0 unspecified atom stereocenters. The Morgan fingerprint density at radius 1 is 0.677 bits per heavy atom. The minimum atomic E-state index is -0.682. The van der Waals surface area contributed by atoms with E-state index in [1.54, 1.807) is 0 Å². The average Bonchev–Trinajstić information content (AvgIpc) is 3.39. The van der Waals surface area contributed by atoms with E-state index in [0.717, 1.165) is 22.3 Å². The molecule has 150 valence electrons. The molecule has 4 aromatic carbocycles. The molecule has 31 heavy (non-hydrogen) atoms. The van der Waals surface area contributed by atoms with Gasteiger partial charge in [-0.15, -0.1) is 0 Å². The van der Waals surface area contributed by atoms with Gasteiger partial charge in [-0.2, -0.15) is 0 Å². The number of carbonyl (C=O) groups is 1. The van der Waals surface area contributed by atoms with Crippen LogP contribution in [0, 0.1) is 5.92 Å². The molecule has 2 nitrogen and oxygen atoms in total. The van der Waals surface area contributed by atoms with E-state index >= 15 is 0 Å². The van der Waals surface area contributed by atoms with Crippen LogP contribution in [0.3, 0.4) is 0 Å². The fourth-order valence-electron chi connectivity index (χ4n) is 5.62. The van der Waals surface area contributed by atoms with E-state index in [1.807, 2.05) is 48.5 Å². The summed E-state index contributed by atoms with van der Waals surface area (Å²) < 4.78 is 6.92. The predicted molar refractivity (Wildman–Crippen MR) is 121 cm³/mol. The lowest BCUT2D eigenvalue weighted by atomic mass is 9.62. The van der Waals surface area contributed by atoms with Gasteiger partial charge in [-0.3, -0.25) is 4.79 Å². The maximum absolute atomic E-state index is 13.9. The first kappa shape index (κ1) is 18.3. The zero-order chi connectivity index (χ0) is 20.8. The summed E-state index contributed by atoms with van der Waals surface area (Å²) in [5.74, 6) is -0.254. The molecule has 0 spiro atoms. The maximum atomic E-state index is 13.9. The number of hydrogen-bond acceptors (Lipinski definition) is 2. The zero-order valence-corrected chi connectivity index (χ0v) is 17.0. The molecule has 2 heteroatoms. The van der Waals surface area contributed by atoms with Gasteiger partial charge in [0, 0.05) is 11.5 Å². The van der Waals surface area contributed by atoms with E-state index in [9.17, 15) is 4.79 Å². The van der Waals surface area contributed by atoms with Gasteiger partial charge in [-0.1, -0.05) is 115 Å². The first-order chi connectivity index (χ1) is 15.3. The smallest absolute Gasteiger partial charge is 0.169 e. The summed E-state index contributed by atoms with van der Waals surface area (Å²) in [7, 11) is 0. The van der Waals surface area contributed by atoms with E-state index in [1.165, 1.54) is 5.56 Å². The second kappa shape index (κ2) is 7.04. The zero-order valence-electron chi connectivity index (χ0n) is 17.0. The summed E-state index contributed by atoms with van der Waals surface area (Å²) in [6.07, 6.45) is -0.269. The van der Waals surface area contributed by atoms with Gasteiger partial charge in [0.25, 0.3) is 0 Å². The Balaban J connectivity index is 1.63. The molecule has 0 saturated carbocycles. The van der Waals surface area contributed by atoms with Crippen molar-refractivity contribution in [3.63, 3.8) is 0 Å². The summed E-state index contributed by atoms with van der Waals surface area (Å²) in [6, 6.07) is 38.8. The molecule has 1 saturated heterocycles. The first-order valence-corrected chi connectivity index (χ1v) is 10.8. The Bertz CT molecular complexity index is 1230. The van der Waals surface area contributed by atoms with E-state index < -0.39 is 5.60 Å². The third-order valence-electron chi connectivity index (χ3n) is 6.83. The Morgan fingerprint density at radius 2 is 1.26 bits per heavy atom. The first-order valence-electron chi connectivity index (χ1n) is 10.8. The highest BCUT2D eigenvalue weighted by Gasteiger charge is 2.65. The number of rotatable bonds is 4. The largest absolute Gasteiger partial charge is 0.356 e. The van der Waals surface area contributed by atoms with Crippen LogP contribution >= 0.6 is 0 Å². The van der Waals surface area contributed by atoms with Crippen LogP contribution in [-0.4, -0.2) is 5.78 Å². The van der Waals surface area contributed by atoms with Gasteiger partial charge in [0.2, 0.25) is 0 Å². The molecule has 2 aliphatic rings. The molecule has 6 rings (SSSR count). The summed E-state index contributed by atoms with van der Waals surface area (Å²) >= 11 is 0. The van der Waals surface area contributed by atoms with Crippen molar-refractivity contribution >= 4 is 5.78 Å². The summed E-state index contributed by atoms with van der Waals surface area (Å²) in [4.78, 5) is 13.9. The predicted octanol–water partition coefficient (Wildman–Crippen LogP) is 6.30. The molecular formula is C29H22O2. The lowest BCUT2D eigenvalue weighted by molar-refractivity contribution is -0.000538. The van der Waals surface area contributed by atoms with Gasteiger partial charge in [0.15, 0.2) is 5.78 Å². The molecule has 0 radical (unpaired) electrons. The molecule has 4 atom stereocenters. The van der Waals surface area contributed by atoms with E-state index in [-0.39, 0.29) is 23.7 Å². The summed E-state index contributed by atoms with van der Waals surface area (Å²) in [5, 5.41) is 0. The molecule has 0 aliphatic carbocycles. The summed E-state index contributed by atoms with van der Waals surface area (Å²) in [6.45, 7) is 0. The Hall–Kier alpha value is -3.49. The molecular weight excluding hydrogens is 380 g/mol. The molecule has 4 aromatic rings. The Kier molecular flexibility index (Phi) is 4.15. The van der Waals surface area contributed by atoms with Crippen LogP contribution in [-0.2, 0) is 10.3 Å². The number of ketones is 1. The number of ether oxygens (including phenoxy) is 1. The number of hydrogen-bond donors (Lipinski definition) is 0. The van der Waals surface area contributed by atoms with Gasteiger partial charge in [0.05, 0.1) is 12.0 Å². The fourth-order valence-corrected chi connectivity index (χ4v) is 5.62. The Labute approximate surface area is 182 Å². The highest BCUT2D eigenvalue weighted by Crippen LogP contribution is 2.67. The van der Waals surface area contributed by atoms with E-state index in [2.05, 4.69) is 66.7 Å². The van der Waals surface area contributed by atoms with Gasteiger partial charge >= 0.3 is 0 Å². The molecule has 0 aromatic heterocycles. The fraction of sp³-hybridized carbons (Fsp3) is 0.138. The molecule has 1 fully saturated rings. The third-order valence-corrected chi connectivity index (χ3v) is 6.83. The Morgan fingerprint density at radius 3 is 1.97 bits per heavy atom. The van der Waals surface area contributed by atoms with Crippen molar-refractivity contribution in [1.29, 1.82) is 0 Å². The van der Waals surface area contributed by atoms with Crippen LogP contribution < -0.4 is 0 Å². The second-order valence-electron chi connectivity index (χ2n) is 8.37. The topological polar surface area (TPSA) is 26.3 Å². The van der Waals surface area contributed by atoms with Crippen molar-refractivity contribution in [2.45, 2.75) is 17.6 Å². The van der Waals surface area contributed by atoms with E-state index in [0.29, 0.717) is 0 Å². The summed E-state index contributed by atoms with van der Waals surface area (Å²) in [5.41, 5.74) is 4.61. The van der Waals surface area contributed by atoms with Crippen LogP contribution in [0.2, 0.25) is 0 Å². The minimum Gasteiger partial charge on any atom is -0.356 e. The third kappa shape index (κ3) is 2.58. The van der Waals surface area contributed by atoms with Crippen molar-refractivity contribution in [1.82, 2.24) is 0 Å².